The number of imidazole rings is 1. The van der Waals surface area contributed by atoms with Gasteiger partial charge in [0, 0.05) is 44.4 Å². The van der Waals surface area contributed by atoms with E-state index < -0.39 is 10.0 Å². The Kier molecular flexibility index (Phi) is 6.30. The summed E-state index contributed by atoms with van der Waals surface area (Å²) in [6.45, 7) is 6.63. The van der Waals surface area contributed by atoms with E-state index in [9.17, 15) is 13.2 Å². The molecule has 4 rings (SSSR count). The van der Waals surface area contributed by atoms with Crippen LogP contribution in [0.3, 0.4) is 0 Å². The third-order valence-electron chi connectivity index (χ3n) is 5.71. The zero-order chi connectivity index (χ0) is 22.9. The van der Waals surface area contributed by atoms with E-state index in [0.29, 0.717) is 37.5 Å². The Hall–Kier alpha value is -2.78. The lowest BCUT2D eigenvalue weighted by Gasteiger charge is -2.32. The molecule has 3 heterocycles. The molecule has 0 bridgehead atoms. The first-order valence-corrected chi connectivity index (χ1v) is 12.4. The molecule has 0 atom stereocenters. The summed E-state index contributed by atoms with van der Waals surface area (Å²) in [5, 5.41) is 2.66. The summed E-state index contributed by atoms with van der Waals surface area (Å²) >= 11 is 0. The van der Waals surface area contributed by atoms with Crippen LogP contribution in [0.2, 0.25) is 0 Å². The summed E-state index contributed by atoms with van der Waals surface area (Å²) in [7, 11) is -3.59. The predicted molar refractivity (Wildman–Crippen MR) is 124 cm³/mol. The van der Waals surface area contributed by atoms with E-state index in [-0.39, 0.29) is 16.8 Å². The molecule has 9 heteroatoms. The number of benzene rings is 1. The SMILES string of the molecule is CC(=O)Nc1ccc(S(=O)(=O)N2CCC(n3c(CC(C)C)nc4cccnc43)CC2)cc1. The predicted octanol–water partition coefficient (Wildman–Crippen LogP) is 3.61. The quantitative estimate of drug-likeness (QED) is 0.612. The van der Waals surface area contributed by atoms with Crippen LogP contribution in [0.15, 0.2) is 47.5 Å². The number of carbonyl (C=O) groups excluding carboxylic acids is 1. The van der Waals surface area contributed by atoms with Crippen molar-refractivity contribution in [3.8, 4) is 0 Å². The first-order chi connectivity index (χ1) is 15.3. The van der Waals surface area contributed by atoms with Crippen molar-refractivity contribution in [1.29, 1.82) is 0 Å². The molecule has 0 radical (unpaired) electrons. The van der Waals surface area contributed by atoms with Gasteiger partial charge in [-0.3, -0.25) is 4.79 Å². The summed E-state index contributed by atoms with van der Waals surface area (Å²) in [4.78, 5) is 20.8. The number of hydrogen-bond donors (Lipinski definition) is 1. The van der Waals surface area contributed by atoms with Gasteiger partial charge >= 0.3 is 0 Å². The van der Waals surface area contributed by atoms with Crippen molar-refractivity contribution in [3.63, 3.8) is 0 Å². The Bertz CT molecular complexity index is 1210. The summed E-state index contributed by atoms with van der Waals surface area (Å²) in [6, 6.07) is 10.3. The lowest BCUT2D eigenvalue weighted by Crippen LogP contribution is -2.39. The number of sulfonamides is 1. The molecule has 3 aromatic rings. The second-order valence-electron chi connectivity index (χ2n) is 8.68. The van der Waals surface area contributed by atoms with Gasteiger partial charge in [0.15, 0.2) is 5.65 Å². The molecule has 8 nitrogen and oxygen atoms in total. The average molecular weight is 456 g/mol. The standard InChI is InChI=1S/C23H29N5O3S/c1-16(2)15-22-26-21-5-4-12-24-23(21)28(22)19-10-13-27(14-11-19)32(30,31)20-8-6-18(7-9-20)25-17(3)29/h4-9,12,16,19H,10-11,13-15H2,1-3H3,(H,25,29). The number of rotatable bonds is 6. The van der Waals surface area contributed by atoms with E-state index in [1.807, 2.05) is 12.1 Å². The minimum Gasteiger partial charge on any atom is -0.326 e. The van der Waals surface area contributed by atoms with Crippen LogP contribution in [0.5, 0.6) is 0 Å². The van der Waals surface area contributed by atoms with Crippen LogP contribution >= 0.6 is 0 Å². The minimum absolute atomic E-state index is 0.164. The zero-order valence-corrected chi connectivity index (χ0v) is 19.5. The van der Waals surface area contributed by atoms with Crippen molar-refractivity contribution >= 4 is 32.8 Å². The van der Waals surface area contributed by atoms with Gasteiger partial charge in [-0.1, -0.05) is 13.8 Å². The molecule has 0 saturated carbocycles. The lowest BCUT2D eigenvalue weighted by atomic mass is 10.1. The molecule has 0 aliphatic carbocycles. The van der Waals surface area contributed by atoms with Crippen LogP contribution in [-0.4, -0.2) is 46.3 Å². The Morgan fingerprint density at radius 3 is 2.47 bits per heavy atom. The smallest absolute Gasteiger partial charge is 0.243 e. The highest BCUT2D eigenvalue weighted by Crippen LogP contribution is 2.31. The molecule has 1 amide bonds. The molecule has 1 N–H and O–H groups in total. The van der Waals surface area contributed by atoms with E-state index in [0.717, 1.165) is 23.4 Å². The molecule has 1 fully saturated rings. The van der Waals surface area contributed by atoms with Crippen molar-refractivity contribution in [3.05, 3.63) is 48.4 Å². The highest BCUT2D eigenvalue weighted by molar-refractivity contribution is 7.89. The Balaban J connectivity index is 1.52. The van der Waals surface area contributed by atoms with Crippen molar-refractivity contribution in [2.24, 2.45) is 5.92 Å². The van der Waals surface area contributed by atoms with Crippen molar-refractivity contribution < 1.29 is 13.2 Å². The Morgan fingerprint density at radius 1 is 1.16 bits per heavy atom. The fraction of sp³-hybridized carbons (Fsp3) is 0.435. The first-order valence-electron chi connectivity index (χ1n) is 11.0. The monoisotopic (exact) mass is 455 g/mol. The van der Waals surface area contributed by atoms with Crippen molar-refractivity contribution in [2.45, 2.75) is 51.0 Å². The topological polar surface area (TPSA) is 97.2 Å². The Labute approximate surface area is 188 Å². The number of piperidine rings is 1. The number of nitrogens with zero attached hydrogens (tertiary/aromatic N) is 4. The number of aromatic nitrogens is 3. The van der Waals surface area contributed by atoms with Crippen LogP contribution in [0, 0.1) is 5.92 Å². The van der Waals surface area contributed by atoms with Gasteiger partial charge in [-0.25, -0.2) is 18.4 Å². The zero-order valence-electron chi connectivity index (χ0n) is 18.7. The van der Waals surface area contributed by atoms with Gasteiger partial charge < -0.3 is 9.88 Å². The molecule has 2 aromatic heterocycles. The Morgan fingerprint density at radius 2 is 1.84 bits per heavy atom. The maximum Gasteiger partial charge on any atom is 0.243 e. The summed E-state index contributed by atoms with van der Waals surface area (Å²) in [5.41, 5.74) is 2.34. The molecule has 0 unspecified atom stereocenters. The number of carbonyl (C=O) groups is 1. The van der Waals surface area contributed by atoms with Gasteiger partial charge in [-0.05, 0) is 55.2 Å². The molecule has 1 aromatic carbocycles. The lowest BCUT2D eigenvalue weighted by molar-refractivity contribution is -0.114. The number of hydrogen-bond acceptors (Lipinski definition) is 5. The normalized spacial score (nSPS) is 16.0. The summed E-state index contributed by atoms with van der Waals surface area (Å²) < 4.78 is 30.1. The number of nitrogens with one attached hydrogen (secondary N) is 1. The van der Waals surface area contributed by atoms with Crippen molar-refractivity contribution in [1.82, 2.24) is 18.8 Å². The molecule has 1 aliphatic rings. The van der Waals surface area contributed by atoms with Gasteiger partial charge in [0.05, 0.1) is 4.90 Å². The fourth-order valence-corrected chi connectivity index (χ4v) is 5.74. The van der Waals surface area contributed by atoms with Gasteiger partial charge in [-0.15, -0.1) is 0 Å². The number of anilines is 1. The van der Waals surface area contributed by atoms with E-state index in [4.69, 9.17) is 4.98 Å². The molecule has 1 aliphatic heterocycles. The first kappa shape index (κ1) is 22.4. The van der Waals surface area contributed by atoms with E-state index in [2.05, 4.69) is 28.7 Å². The molecular weight excluding hydrogens is 426 g/mol. The minimum atomic E-state index is -3.59. The molecule has 1 saturated heterocycles. The maximum absolute atomic E-state index is 13.1. The number of amides is 1. The van der Waals surface area contributed by atoms with E-state index >= 15 is 0 Å². The van der Waals surface area contributed by atoms with Crippen LogP contribution in [-0.2, 0) is 21.2 Å². The molecule has 32 heavy (non-hydrogen) atoms. The van der Waals surface area contributed by atoms with Gasteiger partial charge in [-0.2, -0.15) is 4.31 Å². The highest BCUT2D eigenvalue weighted by Gasteiger charge is 2.31. The van der Waals surface area contributed by atoms with Crippen LogP contribution in [0.25, 0.3) is 11.2 Å². The van der Waals surface area contributed by atoms with Crippen LogP contribution < -0.4 is 5.32 Å². The van der Waals surface area contributed by atoms with Gasteiger partial charge in [0.1, 0.15) is 11.3 Å². The third-order valence-corrected chi connectivity index (χ3v) is 7.63. The molecular formula is C23H29N5O3S. The number of pyridine rings is 1. The average Bonchev–Trinajstić information content (AvgIpc) is 3.11. The van der Waals surface area contributed by atoms with Crippen LogP contribution in [0.1, 0.15) is 45.5 Å². The summed E-state index contributed by atoms with van der Waals surface area (Å²) in [6.07, 6.45) is 4.05. The van der Waals surface area contributed by atoms with E-state index in [1.54, 1.807) is 34.8 Å². The fourth-order valence-electron chi connectivity index (χ4n) is 4.27. The molecule has 170 valence electrons. The second-order valence-corrected chi connectivity index (χ2v) is 10.6. The van der Waals surface area contributed by atoms with Crippen molar-refractivity contribution in [2.75, 3.05) is 18.4 Å². The highest BCUT2D eigenvalue weighted by atomic mass is 32.2. The van der Waals surface area contributed by atoms with Crippen LogP contribution in [0.4, 0.5) is 5.69 Å². The maximum atomic E-state index is 13.1. The van der Waals surface area contributed by atoms with Gasteiger partial charge in [0.2, 0.25) is 15.9 Å². The largest absolute Gasteiger partial charge is 0.326 e. The van der Waals surface area contributed by atoms with Gasteiger partial charge in [0.25, 0.3) is 0 Å². The third kappa shape index (κ3) is 4.54. The van der Waals surface area contributed by atoms with E-state index in [1.165, 1.54) is 6.92 Å². The number of fused-ring (bicyclic) bond motifs is 1. The summed E-state index contributed by atoms with van der Waals surface area (Å²) in [5.74, 6) is 1.29. The molecule has 0 spiro atoms. The second kappa shape index (κ2) is 8.99.